The van der Waals surface area contributed by atoms with E-state index in [-0.39, 0.29) is 0 Å². The molecule has 3 rings (SSSR count). The lowest BCUT2D eigenvalue weighted by Gasteiger charge is -2.37. The number of hydrogen-bond acceptors (Lipinski definition) is 5. The largest absolute Gasteiger partial charge is 0.439 e. The van der Waals surface area contributed by atoms with Crippen LogP contribution in [0.25, 0.3) is 11.1 Å². The van der Waals surface area contributed by atoms with Crippen molar-refractivity contribution in [1.29, 1.82) is 0 Å². The standard InChI is InChI=1S/C14H20N4O/c1-10-8-17(2)5-6-18(10)9-14-16-12-4-3-11(15)7-13(12)19-14/h3-4,7,10H,5-6,8-9,15H2,1-2H3. The number of hydrogen-bond donors (Lipinski definition) is 1. The average Bonchev–Trinajstić information content (AvgIpc) is 2.74. The highest BCUT2D eigenvalue weighted by molar-refractivity contribution is 5.76. The fraction of sp³-hybridized carbons (Fsp3) is 0.500. The molecule has 0 radical (unpaired) electrons. The van der Waals surface area contributed by atoms with Crippen molar-refractivity contribution in [1.82, 2.24) is 14.8 Å². The molecule has 1 aromatic heterocycles. The number of anilines is 1. The molecule has 1 aromatic carbocycles. The van der Waals surface area contributed by atoms with Gasteiger partial charge in [0.25, 0.3) is 0 Å². The molecular weight excluding hydrogens is 240 g/mol. The quantitative estimate of drug-likeness (QED) is 0.830. The number of likely N-dealkylation sites (N-methyl/N-ethyl adjacent to an activating group) is 1. The number of nitrogens with two attached hydrogens (primary N) is 1. The van der Waals surface area contributed by atoms with E-state index < -0.39 is 0 Å². The summed E-state index contributed by atoms with van der Waals surface area (Å²) in [4.78, 5) is 9.29. The third-order valence-corrected chi connectivity index (χ3v) is 3.76. The van der Waals surface area contributed by atoms with Crippen molar-refractivity contribution in [3.05, 3.63) is 24.1 Å². The highest BCUT2D eigenvalue weighted by Gasteiger charge is 2.23. The summed E-state index contributed by atoms with van der Waals surface area (Å²) >= 11 is 0. The van der Waals surface area contributed by atoms with Gasteiger partial charge in [-0.05, 0) is 26.1 Å². The Morgan fingerprint density at radius 1 is 1.42 bits per heavy atom. The van der Waals surface area contributed by atoms with E-state index in [0.717, 1.165) is 43.2 Å². The molecule has 0 aliphatic carbocycles. The summed E-state index contributed by atoms with van der Waals surface area (Å²) in [7, 11) is 2.16. The third-order valence-electron chi connectivity index (χ3n) is 3.76. The molecule has 1 fully saturated rings. The van der Waals surface area contributed by atoms with Gasteiger partial charge in [-0.1, -0.05) is 0 Å². The first-order valence-corrected chi connectivity index (χ1v) is 6.69. The van der Waals surface area contributed by atoms with Crippen LogP contribution in [0, 0.1) is 0 Å². The van der Waals surface area contributed by atoms with Crippen molar-refractivity contribution in [2.24, 2.45) is 0 Å². The van der Waals surface area contributed by atoms with Crippen LogP contribution < -0.4 is 5.73 Å². The molecule has 0 saturated carbocycles. The van der Waals surface area contributed by atoms with Gasteiger partial charge in [-0.25, -0.2) is 4.98 Å². The van der Waals surface area contributed by atoms with Crippen LogP contribution in [0.1, 0.15) is 12.8 Å². The second kappa shape index (κ2) is 4.83. The van der Waals surface area contributed by atoms with E-state index in [1.165, 1.54) is 0 Å². The van der Waals surface area contributed by atoms with E-state index in [1.54, 1.807) is 0 Å². The number of rotatable bonds is 2. The van der Waals surface area contributed by atoms with E-state index in [1.807, 2.05) is 18.2 Å². The molecule has 0 spiro atoms. The maximum Gasteiger partial charge on any atom is 0.209 e. The molecule has 5 nitrogen and oxygen atoms in total. The van der Waals surface area contributed by atoms with Gasteiger partial charge in [0, 0.05) is 37.4 Å². The molecule has 1 unspecified atom stereocenters. The Bertz CT molecular complexity index is 580. The highest BCUT2D eigenvalue weighted by atomic mass is 16.3. The van der Waals surface area contributed by atoms with Gasteiger partial charge in [0.05, 0.1) is 6.54 Å². The second-order valence-corrected chi connectivity index (χ2v) is 5.42. The molecule has 2 N–H and O–H groups in total. The molecule has 1 aliphatic rings. The zero-order valence-electron chi connectivity index (χ0n) is 11.5. The minimum absolute atomic E-state index is 0.527. The van der Waals surface area contributed by atoms with Crippen molar-refractivity contribution in [2.75, 3.05) is 32.4 Å². The molecule has 1 atom stereocenters. The fourth-order valence-corrected chi connectivity index (χ4v) is 2.64. The normalized spacial score (nSPS) is 22.1. The minimum Gasteiger partial charge on any atom is -0.439 e. The average molecular weight is 260 g/mol. The van der Waals surface area contributed by atoms with Crippen LogP contribution in [0.3, 0.4) is 0 Å². The van der Waals surface area contributed by atoms with Crippen LogP contribution in [0.5, 0.6) is 0 Å². The molecule has 5 heteroatoms. The van der Waals surface area contributed by atoms with E-state index in [4.69, 9.17) is 10.2 Å². The van der Waals surface area contributed by atoms with Gasteiger partial charge in [0.2, 0.25) is 5.89 Å². The van der Waals surface area contributed by atoms with Crippen LogP contribution in [-0.4, -0.2) is 47.5 Å². The zero-order valence-corrected chi connectivity index (χ0v) is 11.5. The highest BCUT2D eigenvalue weighted by Crippen LogP contribution is 2.20. The lowest BCUT2D eigenvalue weighted by molar-refractivity contribution is 0.0864. The fourth-order valence-electron chi connectivity index (χ4n) is 2.64. The Kier molecular flexibility index (Phi) is 3.16. The summed E-state index contributed by atoms with van der Waals surface area (Å²) < 4.78 is 5.78. The lowest BCUT2D eigenvalue weighted by atomic mass is 10.2. The number of oxazole rings is 1. The predicted molar refractivity (Wildman–Crippen MR) is 75.8 cm³/mol. The minimum atomic E-state index is 0.527. The van der Waals surface area contributed by atoms with Crippen molar-refractivity contribution in [3.63, 3.8) is 0 Å². The van der Waals surface area contributed by atoms with Crippen LogP contribution in [0.4, 0.5) is 5.69 Å². The van der Waals surface area contributed by atoms with Crippen molar-refractivity contribution >= 4 is 16.8 Å². The van der Waals surface area contributed by atoms with Gasteiger partial charge in [0.15, 0.2) is 5.58 Å². The number of nitrogen functional groups attached to an aromatic ring is 1. The van der Waals surface area contributed by atoms with Crippen molar-refractivity contribution in [2.45, 2.75) is 19.5 Å². The lowest BCUT2D eigenvalue weighted by Crippen LogP contribution is -2.49. The van der Waals surface area contributed by atoms with E-state index in [0.29, 0.717) is 11.7 Å². The molecule has 1 aliphatic heterocycles. The summed E-state index contributed by atoms with van der Waals surface area (Å²) in [6.45, 7) is 6.25. The summed E-state index contributed by atoms with van der Waals surface area (Å²) in [6.07, 6.45) is 0. The molecular formula is C14H20N4O. The van der Waals surface area contributed by atoms with E-state index in [9.17, 15) is 0 Å². The summed E-state index contributed by atoms with van der Waals surface area (Å²) in [5.74, 6) is 0.775. The number of aromatic nitrogens is 1. The van der Waals surface area contributed by atoms with Gasteiger partial charge in [-0.3, -0.25) is 4.90 Å². The molecule has 0 amide bonds. The van der Waals surface area contributed by atoms with Gasteiger partial charge < -0.3 is 15.1 Å². The second-order valence-electron chi connectivity index (χ2n) is 5.42. The van der Waals surface area contributed by atoms with Crippen molar-refractivity contribution < 1.29 is 4.42 Å². The molecule has 2 heterocycles. The van der Waals surface area contributed by atoms with Gasteiger partial charge in [-0.2, -0.15) is 0 Å². The van der Waals surface area contributed by atoms with Gasteiger partial charge in [-0.15, -0.1) is 0 Å². The molecule has 102 valence electrons. The van der Waals surface area contributed by atoms with Crippen LogP contribution in [0.2, 0.25) is 0 Å². The zero-order chi connectivity index (χ0) is 13.4. The Labute approximate surface area is 113 Å². The molecule has 19 heavy (non-hydrogen) atoms. The van der Waals surface area contributed by atoms with Gasteiger partial charge >= 0.3 is 0 Å². The first-order valence-electron chi connectivity index (χ1n) is 6.69. The first kappa shape index (κ1) is 12.4. The topological polar surface area (TPSA) is 58.5 Å². The number of nitrogens with zero attached hydrogens (tertiary/aromatic N) is 3. The summed E-state index contributed by atoms with van der Waals surface area (Å²) in [5.41, 5.74) is 8.12. The smallest absolute Gasteiger partial charge is 0.209 e. The number of benzene rings is 1. The van der Waals surface area contributed by atoms with E-state index in [2.05, 4.69) is 28.8 Å². The molecule has 2 aromatic rings. The Balaban J connectivity index is 1.77. The van der Waals surface area contributed by atoms with Crippen LogP contribution in [0.15, 0.2) is 22.6 Å². The maximum atomic E-state index is 5.78. The first-order chi connectivity index (χ1) is 9.11. The third kappa shape index (κ3) is 2.57. The summed E-state index contributed by atoms with van der Waals surface area (Å²) in [6, 6.07) is 6.12. The van der Waals surface area contributed by atoms with E-state index >= 15 is 0 Å². The summed E-state index contributed by atoms with van der Waals surface area (Å²) in [5, 5.41) is 0. The maximum absolute atomic E-state index is 5.78. The number of fused-ring (bicyclic) bond motifs is 1. The SMILES string of the molecule is CC1CN(C)CCN1Cc1nc2ccc(N)cc2o1. The monoisotopic (exact) mass is 260 g/mol. The Morgan fingerprint density at radius 3 is 3.05 bits per heavy atom. The van der Waals surface area contributed by atoms with Crippen LogP contribution in [-0.2, 0) is 6.54 Å². The molecule has 1 saturated heterocycles. The number of piperazine rings is 1. The van der Waals surface area contributed by atoms with Crippen molar-refractivity contribution in [3.8, 4) is 0 Å². The molecule has 0 bridgehead atoms. The Morgan fingerprint density at radius 2 is 2.26 bits per heavy atom. The predicted octanol–water partition coefficient (Wildman–Crippen LogP) is 1.55. The Hall–Kier alpha value is -1.59. The van der Waals surface area contributed by atoms with Gasteiger partial charge in [0.1, 0.15) is 5.52 Å². The van der Waals surface area contributed by atoms with Crippen LogP contribution >= 0.6 is 0 Å².